The van der Waals surface area contributed by atoms with Gasteiger partial charge in [-0.3, -0.25) is 11.3 Å². The van der Waals surface area contributed by atoms with Crippen molar-refractivity contribution < 1.29 is 4.39 Å². The van der Waals surface area contributed by atoms with E-state index in [0.717, 1.165) is 5.56 Å². The van der Waals surface area contributed by atoms with Crippen LogP contribution in [0.3, 0.4) is 0 Å². The van der Waals surface area contributed by atoms with E-state index >= 15 is 0 Å². The predicted octanol–water partition coefficient (Wildman–Crippen LogP) is 3.84. The number of halogens is 2. The fourth-order valence-corrected chi connectivity index (χ4v) is 2.39. The fourth-order valence-electron chi connectivity index (χ4n) is 2.21. The molecule has 106 valence electrons. The molecule has 1 unspecified atom stereocenters. The van der Waals surface area contributed by atoms with Gasteiger partial charge in [-0.25, -0.2) is 4.39 Å². The molecule has 0 fully saturated rings. The lowest BCUT2D eigenvalue weighted by molar-refractivity contribution is 0.510. The first-order valence-electron chi connectivity index (χ1n) is 6.48. The van der Waals surface area contributed by atoms with Crippen molar-refractivity contribution in [2.24, 2.45) is 5.84 Å². The van der Waals surface area contributed by atoms with Crippen molar-refractivity contribution in [1.29, 1.82) is 0 Å². The summed E-state index contributed by atoms with van der Waals surface area (Å²) in [6, 6.07) is 10.4. The molecule has 0 heterocycles. The van der Waals surface area contributed by atoms with Crippen molar-refractivity contribution in [3.8, 4) is 0 Å². The molecule has 0 bridgehead atoms. The first kappa shape index (κ1) is 15.0. The van der Waals surface area contributed by atoms with Gasteiger partial charge in [0, 0.05) is 10.6 Å². The van der Waals surface area contributed by atoms with E-state index in [1.807, 2.05) is 6.07 Å². The monoisotopic (exact) mass is 292 g/mol. The zero-order valence-corrected chi connectivity index (χ0v) is 12.3. The van der Waals surface area contributed by atoms with Gasteiger partial charge in [0.15, 0.2) is 0 Å². The molecule has 0 aliphatic heterocycles. The van der Waals surface area contributed by atoms with Crippen LogP contribution in [-0.4, -0.2) is 0 Å². The zero-order valence-electron chi connectivity index (χ0n) is 11.6. The number of benzene rings is 2. The molecule has 0 aliphatic carbocycles. The Morgan fingerprint density at radius 1 is 1.15 bits per heavy atom. The average molecular weight is 293 g/mol. The van der Waals surface area contributed by atoms with E-state index in [1.54, 1.807) is 6.07 Å². The minimum atomic E-state index is -0.309. The van der Waals surface area contributed by atoms with Crippen molar-refractivity contribution >= 4 is 11.6 Å². The third-order valence-electron chi connectivity index (χ3n) is 3.55. The maximum Gasteiger partial charge on any atom is 0.128 e. The third kappa shape index (κ3) is 3.37. The largest absolute Gasteiger partial charge is 0.271 e. The molecule has 1 atom stereocenters. The highest BCUT2D eigenvalue weighted by Crippen LogP contribution is 2.24. The molecule has 0 radical (unpaired) electrons. The van der Waals surface area contributed by atoms with Gasteiger partial charge >= 0.3 is 0 Å². The minimum absolute atomic E-state index is 0.304. The number of rotatable bonds is 4. The highest BCUT2D eigenvalue weighted by atomic mass is 35.5. The van der Waals surface area contributed by atoms with Crippen LogP contribution in [0.5, 0.6) is 0 Å². The summed E-state index contributed by atoms with van der Waals surface area (Å²) in [5.74, 6) is 5.28. The second-order valence-corrected chi connectivity index (χ2v) is 5.44. The number of aryl methyl sites for hydroxylation is 2. The van der Waals surface area contributed by atoms with Gasteiger partial charge in [0.1, 0.15) is 5.82 Å². The molecule has 2 aromatic rings. The number of hydrogen-bond acceptors (Lipinski definition) is 2. The Labute approximate surface area is 123 Å². The van der Waals surface area contributed by atoms with Crippen LogP contribution in [0.25, 0.3) is 0 Å². The molecule has 3 N–H and O–H groups in total. The quantitative estimate of drug-likeness (QED) is 0.664. The van der Waals surface area contributed by atoms with E-state index < -0.39 is 0 Å². The zero-order chi connectivity index (χ0) is 14.7. The third-order valence-corrected chi connectivity index (χ3v) is 3.78. The predicted molar refractivity (Wildman–Crippen MR) is 81.1 cm³/mol. The van der Waals surface area contributed by atoms with Crippen LogP contribution in [0.1, 0.15) is 28.3 Å². The van der Waals surface area contributed by atoms with Crippen LogP contribution < -0.4 is 11.3 Å². The average Bonchev–Trinajstić information content (AvgIpc) is 2.43. The molecule has 2 rings (SSSR count). The van der Waals surface area contributed by atoms with Gasteiger partial charge in [-0.1, -0.05) is 29.8 Å². The second kappa shape index (κ2) is 6.35. The van der Waals surface area contributed by atoms with E-state index in [4.69, 9.17) is 17.4 Å². The van der Waals surface area contributed by atoms with Crippen LogP contribution in [0.4, 0.5) is 4.39 Å². The summed E-state index contributed by atoms with van der Waals surface area (Å²) in [5, 5.41) is 0.502. The topological polar surface area (TPSA) is 38.0 Å². The van der Waals surface area contributed by atoms with E-state index in [1.165, 1.54) is 23.3 Å². The number of nitrogens with one attached hydrogen (secondary N) is 1. The van der Waals surface area contributed by atoms with Crippen LogP contribution in [0.15, 0.2) is 36.4 Å². The summed E-state index contributed by atoms with van der Waals surface area (Å²) in [6.45, 7) is 4.12. The smallest absolute Gasteiger partial charge is 0.128 e. The van der Waals surface area contributed by atoms with Gasteiger partial charge in [-0.05, 0) is 55.2 Å². The fraction of sp³-hybridized carbons (Fsp3) is 0.250. The Hall–Kier alpha value is -1.42. The Balaban J connectivity index is 2.28. The standard InChI is InChI=1S/C16H18ClFN2/c1-10-3-4-12(7-11(10)2)8-16(20-19)14-9-13(17)5-6-15(14)18/h3-7,9,16,20H,8,19H2,1-2H3. The molecule has 0 saturated carbocycles. The van der Waals surface area contributed by atoms with Crippen molar-refractivity contribution in [3.63, 3.8) is 0 Å². The Kier molecular flexibility index (Phi) is 4.76. The maximum atomic E-state index is 13.9. The van der Waals surface area contributed by atoms with Gasteiger partial charge in [0.25, 0.3) is 0 Å². The number of hydrazine groups is 1. The molecule has 2 aromatic carbocycles. The lowest BCUT2D eigenvalue weighted by Crippen LogP contribution is -2.30. The first-order valence-corrected chi connectivity index (χ1v) is 6.86. The SMILES string of the molecule is Cc1ccc(CC(NN)c2cc(Cl)ccc2F)cc1C. The van der Waals surface area contributed by atoms with Crippen molar-refractivity contribution in [3.05, 3.63) is 69.5 Å². The molecular formula is C16H18ClFN2. The van der Waals surface area contributed by atoms with Gasteiger partial charge in [-0.15, -0.1) is 0 Å². The molecule has 0 aliphatic rings. The molecular weight excluding hydrogens is 275 g/mol. The molecule has 0 aromatic heterocycles. The lowest BCUT2D eigenvalue weighted by atomic mass is 9.96. The lowest BCUT2D eigenvalue weighted by Gasteiger charge is -2.18. The van der Waals surface area contributed by atoms with Crippen LogP contribution in [0.2, 0.25) is 5.02 Å². The summed E-state index contributed by atoms with van der Waals surface area (Å²) in [4.78, 5) is 0. The van der Waals surface area contributed by atoms with Gasteiger partial charge in [0.2, 0.25) is 0 Å². The molecule has 0 amide bonds. The van der Waals surface area contributed by atoms with Gasteiger partial charge in [-0.2, -0.15) is 0 Å². The first-order chi connectivity index (χ1) is 9.51. The summed E-state index contributed by atoms with van der Waals surface area (Å²) in [7, 11) is 0. The maximum absolute atomic E-state index is 13.9. The molecule has 0 spiro atoms. The highest BCUT2D eigenvalue weighted by Gasteiger charge is 2.15. The van der Waals surface area contributed by atoms with Gasteiger partial charge in [0.05, 0.1) is 6.04 Å². The van der Waals surface area contributed by atoms with E-state index in [0.29, 0.717) is 17.0 Å². The summed E-state index contributed by atoms with van der Waals surface area (Å²) >= 11 is 5.93. The normalized spacial score (nSPS) is 12.4. The molecule has 20 heavy (non-hydrogen) atoms. The highest BCUT2D eigenvalue weighted by molar-refractivity contribution is 6.30. The molecule has 0 saturated heterocycles. The van der Waals surface area contributed by atoms with Crippen LogP contribution >= 0.6 is 11.6 Å². The summed E-state index contributed by atoms with van der Waals surface area (Å²) in [6.07, 6.45) is 0.606. The number of nitrogens with two attached hydrogens (primary N) is 1. The summed E-state index contributed by atoms with van der Waals surface area (Å²) < 4.78 is 13.9. The van der Waals surface area contributed by atoms with Crippen LogP contribution in [-0.2, 0) is 6.42 Å². The molecule has 4 heteroatoms. The second-order valence-electron chi connectivity index (χ2n) is 5.01. The van der Waals surface area contributed by atoms with E-state index in [2.05, 4.69) is 31.4 Å². The number of hydrogen-bond donors (Lipinski definition) is 2. The Morgan fingerprint density at radius 3 is 2.55 bits per heavy atom. The van der Waals surface area contributed by atoms with Crippen molar-refractivity contribution in [2.75, 3.05) is 0 Å². The van der Waals surface area contributed by atoms with Gasteiger partial charge < -0.3 is 0 Å². The van der Waals surface area contributed by atoms with Crippen molar-refractivity contribution in [2.45, 2.75) is 26.3 Å². The van der Waals surface area contributed by atoms with E-state index in [-0.39, 0.29) is 11.9 Å². The van der Waals surface area contributed by atoms with Crippen molar-refractivity contribution in [1.82, 2.24) is 5.43 Å². The van der Waals surface area contributed by atoms with E-state index in [9.17, 15) is 4.39 Å². The minimum Gasteiger partial charge on any atom is -0.271 e. The van der Waals surface area contributed by atoms with Crippen LogP contribution in [0, 0.1) is 19.7 Å². The summed E-state index contributed by atoms with van der Waals surface area (Å²) in [5.41, 5.74) is 6.71. The Morgan fingerprint density at radius 2 is 1.90 bits per heavy atom. The molecule has 2 nitrogen and oxygen atoms in total. The Bertz CT molecular complexity index is 613.